The number of nitriles is 1. The second kappa shape index (κ2) is 7.82. The minimum atomic E-state index is 0.199. The van der Waals surface area contributed by atoms with Gasteiger partial charge in [-0.15, -0.1) is 0 Å². The molecule has 0 aliphatic carbocycles. The molecule has 1 unspecified atom stereocenters. The van der Waals surface area contributed by atoms with Crippen LogP contribution in [-0.2, 0) is 0 Å². The number of anilines is 3. The van der Waals surface area contributed by atoms with Crippen molar-refractivity contribution in [1.29, 1.82) is 5.26 Å². The number of methoxy groups -OCH3 is 1. The summed E-state index contributed by atoms with van der Waals surface area (Å²) in [5, 5.41) is 12.7. The van der Waals surface area contributed by atoms with E-state index in [1.54, 1.807) is 25.7 Å². The zero-order valence-corrected chi connectivity index (χ0v) is 16.5. The van der Waals surface area contributed by atoms with Gasteiger partial charge in [0.25, 0.3) is 0 Å². The molecule has 0 amide bonds. The van der Waals surface area contributed by atoms with Crippen LogP contribution >= 0.6 is 11.3 Å². The average Bonchev–Trinajstić information content (AvgIpc) is 3.37. The summed E-state index contributed by atoms with van der Waals surface area (Å²) in [7, 11) is 1.71. The van der Waals surface area contributed by atoms with Crippen molar-refractivity contribution in [2.75, 3.05) is 23.9 Å². The zero-order chi connectivity index (χ0) is 19.5. The van der Waals surface area contributed by atoms with Crippen molar-refractivity contribution < 1.29 is 4.74 Å². The zero-order valence-electron chi connectivity index (χ0n) is 15.7. The number of hydrogen-bond acceptors (Lipinski definition) is 8. The molecule has 0 radical (unpaired) electrons. The van der Waals surface area contributed by atoms with Gasteiger partial charge in [0, 0.05) is 12.1 Å². The minimum absolute atomic E-state index is 0.199. The van der Waals surface area contributed by atoms with Crippen molar-refractivity contribution in [1.82, 2.24) is 15.0 Å². The van der Waals surface area contributed by atoms with Gasteiger partial charge in [-0.25, -0.2) is 9.97 Å². The predicted octanol–water partition coefficient (Wildman–Crippen LogP) is 4.21. The van der Waals surface area contributed by atoms with Crippen LogP contribution in [0.2, 0.25) is 0 Å². The van der Waals surface area contributed by atoms with Gasteiger partial charge in [-0.1, -0.05) is 23.5 Å². The highest BCUT2D eigenvalue weighted by Gasteiger charge is 2.29. The molecule has 1 aromatic carbocycles. The van der Waals surface area contributed by atoms with E-state index in [0.717, 1.165) is 31.0 Å². The first kappa shape index (κ1) is 18.2. The number of thiazole rings is 1. The Morgan fingerprint density at radius 1 is 1.32 bits per heavy atom. The smallest absolute Gasteiger partial charge is 0.189 e. The molecule has 1 fully saturated rings. The predicted molar refractivity (Wildman–Crippen MR) is 109 cm³/mol. The van der Waals surface area contributed by atoms with E-state index in [4.69, 9.17) is 15.0 Å². The molecule has 28 heavy (non-hydrogen) atoms. The molecule has 1 aliphatic rings. The van der Waals surface area contributed by atoms with Crippen molar-refractivity contribution in [2.24, 2.45) is 0 Å². The van der Waals surface area contributed by atoms with E-state index < -0.39 is 0 Å². The molecule has 8 heteroatoms. The molecule has 0 saturated carbocycles. The fraction of sp³-hybridized carbons (Fsp3) is 0.300. The first-order chi connectivity index (χ1) is 13.7. The molecule has 3 aromatic rings. The fourth-order valence-electron chi connectivity index (χ4n) is 3.51. The van der Waals surface area contributed by atoms with Gasteiger partial charge in [0.15, 0.2) is 10.9 Å². The van der Waals surface area contributed by atoms with E-state index in [9.17, 15) is 0 Å². The Labute approximate surface area is 167 Å². The van der Waals surface area contributed by atoms with Gasteiger partial charge in [0.05, 0.1) is 31.7 Å². The topological polar surface area (TPSA) is 87.0 Å². The first-order valence-corrected chi connectivity index (χ1v) is 9.86. The van der Waals surface area contributed by atoms with Crippen LogP contribution in [0.4, 0.5) is 16.8 Å². The highest BCUT2D eigenvalue weighted by atomic mass is 32.1. The molecule has 0 spiro atoms. The van der Waals surface area contributed by atoms with Crippen molar-refractivity contribution in [2.45, 2.75) is 25.8 Å². The number of aromatic nitrogens is 3. The van der Waals surface area contributed by atoms with Gasteiger partial charge < -0.3 is 15.0 Å². The van der Waals surface area contributed by atoms with E-state index in [-0.39, 0.29) is 6.04 Å². The average molecular weight is 392 g/mol. The summed E-state index contributed by atoms with van der Waals surface area (Å²) in [5.41, 5.74) is 2.35. The Morgan fingerprint density at radius 2 is 2.21 bits per heavy atom. The summed E-state index contributed by atoms with van der Waals surface area (Å²) in [6.07, 6.45) is 7.11. The van der Waals surface area contributed by atoms with Crippen molar-refractivity contribution >= 4 is 28.1 Å². The third-order valence-corrected chi connectivity index (χ3v) is 5.59. The second-order valence-corrected chi connectivity index (χ2v) is 7.66. The van der Waals surface area contributed by atoms with Gasteiger partial charge >= 0.3 is 0 Å². The molecule has 4 rings (SSSR count). The summed E-state index contributed by atoms with van der Waals surface area (Å²) in [5.74, 6) is 2.33. The lowest BCUT2D eigenvalue weighted by molar-refractivity contribution is 0.405. The Morgan fingerprint density at radius 3 is 3.00 bits per heavy atom. The number of ether oxygens (including phenoxy) is 1. The quantitative estimate of drug-likeness (QED) is 0.696. The summed E-state index contributed by atoms with van der Waals surface area (Å²) in [6, 6.07) is 8.62. The number of rotatable bonds is 5. The number of nitrogens with one attached hydrogen (secondary N) is 1. The lowest BCUT2D eigenvalue weighted by atomic mass is 10.0. The molecule has 1 saturated heterocycles. The van der Waals surface area contributed by atoms with Crippen LogP contribution in [0.5, 0.6) is 5.75 Å². The maximum Gasteiger partial charge on any atom is 0.189 e. The first-order valence-electron chi connectivity index (χ1n) is 9.04. The monoisotopic (exact) mass is 392 g/mol. The molecule has 0 bridgehead atoms. The summed E-state index contributed by atoms with van der Waals surface area (Å²) < 4.78 is 5.63. The molecule has 1 N–H and O–H groups in total. The molecule has 7 nitrogen and oxygen atoms in total. The number of aryl methyl sites for hydroxylation is 1. The molecule has 2 aromatic heterocycles. The van der Waals surface area contributed by atoms with Crippen molar-refractivity contribution in [3.63, 3.8) is 0 Å². The highest BCUT2D eigenvalue weighted by Crippen LogP contribution is 2.39. The SMILES string of the molecule is COc1cc(C)ccc1C1CCCN1c1cncc(Nc2ncc(C#N)s2)n1. The molecular formula is C20H20N6OS. The van der Waals surface area contributed by atoms with Crippen LogP contribution in [0.15, 0.2) is 36.8 Å². The summed E-state index contributed by atoms with van der Waals surface area (Å²) in [4.78, 5) is 16.1. The van der Waals surface area contributed by atoms with Crippen LogP contribution in [0.3, 0.4) is 0 Å². The van der Waals surface area contributed by atoms with E-state index in [2.05, 4.69) is 51.4 Å². The Kier molecular flexibility index (Phi) is 5.08. The number of nitrogens with zero attached hydrogens (tertiary/aromatic N) is 5. The fourth-order valence-corrected chi connectivity index (χ4v) is 4.13. The lowest BCUT2D eigenvalue weighted by Crippen LogP contribution is -2.24. The Bertz CT molecular complexity index is 1030. The van der Waals surface area contributed by atoms with Gasteiger partial charge in [-0.2, -0.15) is 5.26 Å². The summed E-state index contributed by atoms with van der Waals surface area (Å²) >= 11 is 1.29. The maximum absolute atomic E-state index is 8.95. The minimum Gasteiger partial charge on any atom is -0.496 e. The Hall–Kier alpha value is -3.18. The molecular weight excluding hydrogens is 372 g/mol. The third kappa shape index (κ3) is 3.62. The van der Waals surface area contributed by atoms with Gasteiger partial charge in [-0.05, 0) is 31.4 Å². The normalized spacial score (nSPS) is 16.0. The van der Waals surface area contributed by atoms with Crippen molar-refractivity contribution in [3.8, 4) is 11.8 Å². The van der Waals surface area contributed by atoms with Crippen LogP contribution in [0, 0.1) is 18.3 Å². The van der Waals surface area contributed by atoms with E-state index in [1.165, 1.54) is 22.5 Å². The van der Waals surface area contributed by atoms with Gasteiger partial charge in [0.1, 0.15) is 22.5 Å². The third-order valence-electron chi connectivity index (χ3n) is 4.77. The number of benzene rings is 1. The highest BCUT2D eigenvalue weighted by molar-refractivity contribution is 7.16. The van der Waals surface area contributed by atoms with Crippen LogP contribution in [0.1, 0.15) is 34.9 Å². The van der Waals surface area contributed by atoms with Gasteiger partial charge in [-0.3, -0.25) is 4.98 Å². The largest absolute Gasteiger partial charge is 0.496 e. The standard InChI is InChI=1S/C20H20N6OS/c1-13-5-6-15(17(8-13)27-2)16-4-3-7-26(16)19-12-22-11-18(24-19)25-20-23-10-14(9-21)28-20/h5-6,8,10-12,16H,3-4,7H2,1-2H3,(H,23,24,25). The van der Waals surface area contributed by atoms with Gasteiger partial charge in [0.2, 0.25) is 0 Å². The summed E-state index contributed by atoms with van der Waals surface area (Å²) in [6.45, 7) is 2.98. The molecule has 1 atom stereocenters. The van der Waals surface area contributed by atoms with E-state index in [1.807, 2.05) is 0 Å². The van der Waals surface area contributed by atoms with Crippen LogP contribution in [0.25, 0.3) is 0 Å². The van der Waals surface area contributed by atoms with E-state index in [0.29, 0.717) is 15.8 Å². The molecule has 1 aliphatic heterocycles. The Balaban J connectivity index is 1.60. The van der Waals surface area contributed by atoms with Crippen molar-refractivity contribution in [3.05, 3.63) is 52.8 Å². The molecule has 3 heterocycles. The number of hydrogen-bond donors (Lipinski definition) is 1. The van der Waals surface area contributed by atoms with Crippen LogP contribution in [-0.4, -0.2) is 28.6 Å². The lowest BCUT2D eigenvalue weighted by Gasteiger charge is -2.27. The second-order valence-electron chi connectivity index (χ2n) is 6.63. The van der Waals surface area contributed by atoms with E-state index >= 15 is 0 Å². The van der Waals surface area contributed by atoms with Crippen LogP contribution < -0.4 is 15.0 Å². The molecule has 142 valence electrons. The maximum atomic E-state index is 8.95.